The number of nitrogens with one attached hydrogen (secondary N) is 1. The van der Waals surface area contributed by atoms with Crippen LogP contribution < -0.4 is 4.72 Å². The predicted octanol–water partition coefficient (Wildman–Crippen LogP) is 2.52. The van der Waals surface area contributed by atoms with Gasteiger partial charge in [0.05, 0.1) is 14.8 Å². The maximum Gasteiger partial charge on any atom is 0.241 e. The number of hydrogen-bond acceptors (Lipinski definition) is 4. The molecule has 0 radical (unpaired) electrons. The van der Waals surface area contributed by atoms with Gasteiger partial charge in [0.15, 0.2) is 0 Å². The van der Waals surface area contributed by atoms with Crippen LogP contribution >= 0.6 is 27.3 Å². The summed E-state index contributed by atoms with van der Waals surface area (Å²) >= 11 is 4.69. The second kappa shape index (κ2) is 6.29. The molecule has 0 aliphatic heterocycles. The molecule has 4 nitrogen and oxygen atoms in total. The standard InChI is InChI=1S/C10H16BrNO3S2/c1-4-15-7(2)6-12-17(13,14)9-5-10(11)16-8(9)3/h5,7,12H,4,6H2,1-3H3. The fraction of sp³-hybridized carbons (Fsp3) is 0.600. The van der Waals surface area contributed by atoms with Gasteiger partial charge in [-0.25, -0.2) is 13.1 Å². The van der Waals surface area contributed by atoms with E-state index in [-0.39, 0.29) is 12.6 Å². The van der Waals surface area contributed by atoms with Crippen LogP contribution in [0.15, 0.2) is 14.7 Å². The second-order valence-corrected chi connectivity index (χ2v) is 7.96. The highest BCUT2D eigenvalue weighted by Gasteiger charge is 2.19. The van der Waals surface area contributed by atoms with Gasteiger partial charge in [-0.1, -0.05) is 0 Å². The first kappa shape index (κ1) is 15.1. The number of ether oxygens (including phenoxy) is 1. The Morgan fingerprint density at radius 2 is 2.24 bits per heavy atom. The molecule has 0 aromatic carbocycles. The van der Waals surface area contributed by atoms with Crippen molar-refractivity contribution in [2.24, 2.45) is 0 Å². The van der Waals surface area contributed by atoms with Crippen LogP contribution in [0.5, 0.6) is 0 Å². The van der Waals surface area contributed by atoms with Gasteiger partial charge in [-0.05, 0) is 42.8 Å². The third-order valence-corrected chi connectivity index (χ3v) is 5.38. The van der Waals surface area contributed by atoms with Gasteiger partial charge < -0.3 is 4.74 Å². The van der Waals surface area contributed by atoms with Gasteiger partial charge in [-0.2, -0.15) is 0 Å². The molecule has 1 heterocycles. The maximum atomic E-state index is 12.0. The molecule has 0 aliphatic rings. The van der Waals surface area contributed by atoms with Crippen LogP contribution in [-0.4, -0.2) is 27.7 Å². The Morgan fingerprint density at radius 3 is 2.71 bits per heavy atom. The first-order valence-corrected chi connectivity index (χ1v) is 8.33. The fourth-order valence-corrected chi connectivity index (χ4v) is 4.87. The van der Waals surface area contributed by atoms with E-state index in [0.717, 1.165) is 8.66 Å². The van der Waals surface area contributed by atoms with Crippen molar-refractivity contribution in [1.82, 2.24) is 4.72 Å². The molecule has 0 saturated heterocycles. The van der Waals surface area contributed by atoms with Crippen molar-refractivity contribution >= 4 is 37.3 Å². The quantitative estimate of drug-likeness (QED) is 0.864. The smallest absolute Gasteiger partial charge is 0.241 e. The monoisotopic (exact) mass is 341 g/mol. The zero-order chi connectivity index (χ0) is 13.1. The molecule has 0 fully saturated rings. The van der Waals surface area contributed by atoms with E-state index < -0.39 is 10.0 Å². The molecule has 1 atom stereocenters. The molecule has 17 heavy (non-hydrogen) atoms. The minimum atomic E-state index is -3.43. The summed E-state index contributed by atoms with van der Waals surface area (Å²) in [7, 11) is -3.43. The zero-order valence-electron chi connectivity index (χ0n) is 9.99. The average molecular weight is 342 g/mol. The molecule has 1 aromatic heterocycles. The molecule has 0 aliphatic carbocycles. The van der Waals surface area contributed by atoms with E-state index >= 15 is 0 Å². The van der Waals surface area contributed by atoms with Gasteiger partial charge in [-0.15, -0.1) is 11.3 Å². The number of hydrogen-bond donors (Lipinski definition) is 1. The molecule has 0 amide bonds. The third-order valence-electron chi connectivity index (χ3n) is 2.14. The Labute approximate surface area is 115 Å². The van der Waals surface area contributed by atoms with Crippen molar-refractivity contribution in [3.63, 3.8) is 0 Å². The van der Waals surface area contributed by atoms with Crippen LogP contribution in [0.4, 0.5) is 0 Å². The highest BCUT2D eigenvalue weighted by molar-refractivity contribution is 9.11. The summed E-state index contributed by atoms with van der Waals surface area (Å²) in [5, 5.41) is 0. The van der Waals surface area contributed by atoms with Crippen LogP contribution in [0.3, 0.4) is 0 Å². The Balaban J connectivity index is 2.73. The molecule has 98 valence electrons. The summed E-state index contributed by atoms with van der Waals surface area (Å²) in [4.78, 5) is 1.10. The van der Waals surface area contributed by atoms with Crippen LogP contribution in [0.1, 0.15) is 18.7 Å². The van der Waals surface area contributed by atoms with Gasteiger partial charge >= 0.3 is 0 Å². The SMILES string of the molecule is CCOC(C)CNS(=O)(=O)c1cc(Br)sc1C. The van der Waals surface area contributed by atoms with Crippen molar-refractivity contribution in [2.75, 3.05) is 13.2 Å². The van der Waals surface area contributed by atoms with Gasteiger partial charge in [0.1, 0.15) is 0 Å². The third kappa shape index (κ3) is 4.33. The first-order valence-electron chi connectivity index (χ1n) is 5.24. The Morgan fingerprint density at radius 1 is 1.59 bits per heavy atom. The summed E-state index contributed by atoms with van der Waals surface area (Å²) in [5.41, 5.74) is 0. The molecule has 0 spiro atoms. The second-order valence-electron chi connectivity index (χ2n) is 3.59. The molecule has 1 unspecified atom stereocenters. The van der Waals surface area contributed by atoms with Gasteiger partial charge in [0.2, 0.25) is 10.0 Å². The number of sulfonamides is 1. The summed E-state index contributed by atoms with van der Waals surface area (Å²) in [6.45, 7) is 6.36. The molecule has 0 bridgehead atoms. The van der Waals surface area contributed by atoms with E-state index in [1.165, 1.54) is 11.3 Å². The van der Waals surface area contributed by atoms with Crippen molar-refractivity contribution in [1.29, 1.82) is 0 Å². The molecule has 1 rings (SSSR count). The van der Waals surface area contributed by atoms with Crippen LogP contribution in [-0.2, 0) is 14.8 Å². The lowest BCUT2D eigenvalue weighted by atomic mass is 10.4. The van der Waals surface area contributed by atoms with E-state index in [0.29, 0.717) is 11.5 Å². The van der Waals surface area contributed by atoms with Gasteiger partial charge in [-0.3, -0.25) is 0 Å². The summed E-state index contributed by atoms with van der Waals surface area (Å²) in [5.74, 6) is 0. The minimum Gasteiger partial charge on any atom is -0.377 e. The van der Waals surface area contributed by atoms with Gasteiger partial charge in [0, 0.05) is 18.0 Å². The van der Waals surface area contributed by atoms with E-state index in [9.17, 15) is 8.42 Å². The molecular weight excluding hydrogens is 326 g/mol. The van der Waals surface area contributed by atoms with E-state index in [4.69, 9.17) is 4.74 Å². The Bertz CT molecular complexity index is 470. The van der Waals surface area contributed by atoms with Crippen molar-refractivity contribution in [3.8, 4) is 0 Å². The number of halogens is 1. The van der Waals surface area contributed by atoms with E-state index in [1.807, 2.05) is 13.8 Å². The number of thiophene rings is 1. The van der Waals surface area contributed by atoms with Crippen LogP contribution in [0.2, 0.25) is 0 Å². The lowest BCUT2D eigenvalue weighted by Crippen LogP contribution is -2.32. The van der Waals surface area contributed by atoms with Crippen molar-refractivity contribution in [2.45, 2.75) is 31.8 Å². The predicted molar refractivity (Wildman–Crippen MR) is 73.0 cm³/mol. The van der Waals surface area contributed by atoms with Crippen LogP contribution in [0.25, 0.3) is 0 Å². The maximum absolute atomic E-state index is 12.0. The van der Waals surface area contributed by atoms with Crippen molar-refractivity contribution < 1.29 is 13.2 Å². The Hall–Kier alpha value is 0.0500. The number of rotatable bonds is 6. The largest absolute Gasteiger partial charge is 0.377 e. The topological polar surface area (TPSA) is 55.4 Å². The number of aryl methyl sites for hydroxylation is 1. The normalized spacial score (nSPS) is 13.9. The lowest BCUT2D eigenvalue weighted by Gasteiger charge is -2.12. The average Bonchev–Trinajstić information content (AvgIpc) is 2.56. The molecule has 1 aromatic rings. The molecule has 0 saturated carbocycles. The van der Waals surface area contributed by atoms with Gasteiger partial charge in [0.25, 0.3) is 0 Å². The van der Waals surface area contributed by atoms with E-state index in [2.05, 4.69) is 20.7 Å². The molecule has 7 heteroatoms. The highest BCUT2D eigenvalue weighted by Crippen LogP contribution is 2.29. The fourth-order valence-electron chi connectivity index (χ4n) is 1.35. The van der Waals surface area contributed by atoms with Crippen molar-refractivity contribution in [3.05, 3.63) is 14.7 Å². The van der Waals surface area contributed by atoms with E-state index in [1.54, 1.807) is 13.0 Å². The zero-order valence-corrected chi connectivity index (χ0v) is 13.2. The molecular formula is C10H16BrNO3S2. The summed E-state index contributed by atoms with van der Waals surface area (Å²) < 4.78 is 32.6. The molecule has 1 N–H and O–H groups in total. The Kier molecular flexibility index (Phi) is 5.59. The highest BCUT2D eigenvalue weighted by atomic mass is 79.9. The summed E-state index contributed by atoms with van der Waals surface area (Å²) in [6.07, 6.45) is -0.128. The van der Waals surface area contributed by atoms with Crippen LogP contribution in [0, 0.1) is 6.92 Å². The lowest BCUT2D eigenvalue weighted by molar-refractivity contribution is 0.0799. The minimum absolute atomic E-state index is 0.128. The first-order chi connectivity index (χ1) is 7.86. The summed E-state index contributed by atoms with van der Waals surface area (Å²) in [6, 6.07) is 1.62.